The number of piperidine rings is 1. The molecule has 1 atom stereocenters. The van der Waals surface area contributed by atoms with Gasteiger partial charge in [-0.25, -0.2) is 4.79 Å². The summed E-state index contributed by atoms with van der Waals surface area (Å²) in [6.07, 6.45) is 0.670. The van der Waals surface area contributed by atoms with E-state index in [4.69, 9.17) is 4.74 Å². The predicted octanol–water partition coefficient (Wildman–Crippen LogP) is 1.48. The van der Waals surface area contributed by atoms with E-state index in [2.05, 4.69) is 11.2 Å². The molecule has 1 heterocycles. The fraction of sp³-hybridized carbons (Fsp3) is 0.714. The first-order valence-corrected chi connectivity index (χ1v) is 6.68. The van der Waals surface area contributed by atoms with Crippen molar-refractivity contribution in [1.29, 1.82) is 0 Å². The summed E-state index contributed by atoms with van der Waals surface area (Å²) in [7, 11) is 0. The van der Waals surface area contributed by atoms with E-state index in [9.17, 15) is 14.4 Å². The van der Waals surface area contributed by atoms with Crippen LogP contribution in [0.3, 0.4) is 0 Å². The van der Waals surface area contributed by atoms with Crippen LogP contribution >= 0.6 is 0 Å². The number of ether oxygens (including phenoxy) is 1. The zero-order valence-corrected chi connectivity index (χ0v) is 12.3. The van der Waals surface area contributed by atoms with Crippen molar-refractivity contribution in [3.05, 3.63) is 0 Å². The number of carbonyl (C=O) groups is 3. The second-order valence-electron chi connectivity index (χ2n) is 5.92. The van der Waals surface area contributed by atoms with Gasteiger partial charge in [0.25, 0.3) is 0 Å². The summed E-state index contributed by atoms with van der Waals surface area (Å²) in [5.41, 5.74) is -0.564. The molecule has 20 heavy (non-hydrogen) atoms. The normalized spacial score (nSPS) is 19.4. The molecule has 0 saturated carbocycles. The van der Waals surface area contributed by atoms with E-state index in [1.54, 1.807) is 20.8 Å². The Balaban J connectivity index is 2.58. The van der Waals surface area contributed by atoms with Crippen molar-refractivity contribution in [3.8, 4) is 0 Å². The third kappa shape index (κ3) is 5.11. The van der Waals surface area contributed by atoms with Crippen LogP contribution < -0.4 is 0 Å². The van der Waals surface area contributed by atoms with Gasteiger partial charge in [0, 0.05) is 23.8 Å². The molecular formula is C14H22NO5+. The van der Waals surface area contributed by atoms with Crippen molar-refractivity contribution in [2.45, 2.75) is 45.6 Å². The minimum atomic E-state index is -0.649. The summed E-state index contributed by atoms with van der Waals surface area (Å²) in [5, 5.41) is 0. The van der Waals surface area contributed by atoms with Crippen molar-refractivity contribution in [2.75, 3.05) is 13.1 Å². The molecule has 1 aliphatic heterocycles. The maximum absolute atomic E-state index is 12.0. The Kier molecular flexibility index (Phi) is 5.42. The monoisotopic (exact) mass is 284 g/mol. The predicted molar refractivity (Wildman–Crippen MR) is 72.3 cm³/mol. The van der Waals surface area contributed by atoms with Crippen molar-refractivity contribution in [1.82, 2.24) is 4.90 Å². The second kappa shape index (κ2) is 6.63. The van der Waals surface area contributed by atoms with Crippen LogP contribution in [-0.2, 0) is 18.8 Å². The minimum Gasteiger partial charge on any atom is -0.444 e. The molecule has 0 spiro atoms. The van der Waals surface area contributed by atoms with Gasteiger partial charge in [-0.1, -0.05) is 0 Å². The van der Waals surface area contributed by atoms with Crippen LogP contribution in [0.4, 0.5) is 4.79 Å². The Morgan fingerprint density at radius 1 is 1.35 bits per heavy atom. The molecule has 1 unspecified atom stereocenters. The lowest BCUT2D eigenvalue weighted by Gasteiger charge is -2.33. The van der Waals surface area contributed by atoms with Gasteiger partial charge in [0.15, 0.2) is 19.0 Å². The van der Waals surface area contributed by atoms with Gasteiger partial charge < -0.3 is 9.64 Å². The van der Waals surface area contributed by atoms with Crippen LogP contribution in [-0.4, -0.2) is 48.2 Å². The number of carbonyl (C=O) groups excluding carboxylic acids is 4. The van der Waals surface area contributed by atoms with E-state index >= 15 is 0 Å². The Bertz CT molecular complexity index is 410. The summed E-state index contributed by atoms with van der Waals surface area (Å²) >= 11 is 0. The zero-order valence-electron chi connectivity index (χ0n) is 12.3. The zero-order chi connectivity index (χ0) is 15.3. The summed E-state index contributed by atoms with van der Waals surface area (Å²) in [6, 6.07) is 0. The molecule has 1 rings (SSSR count). The average molecular weight is 284 g/mol. The van der Waals surface area contributed by atoms with Crippen molar-refractivity contribution in [2.24, 2.45) is 5.92 Å². The highest BCUT2D eigenvalue weighted by Gasteiger charge is 2.33. The van der Waals surface area contributed by atoms with Crippen molar-refractivity contribution < 1.29 is 23.5 Å². The smallest absolute Gasteiger partial charge is 0.444 e. The SMILES string of the molecule is C=[O+]C(=O)CC(=O)C1CCCN(C(=O)OC(C)(C)C)C1. The highest BCUT2D eigenvalue weighted by molar-refractivity contribution is 5.96. The highest BCUT2D eigenvalue weighted by Crippen LogP contribution is 2.21. The number of amides is 1. The molecule has 0 aliphatic carbocycles. The molecule has 0 aromatic rings. The Labute approximate surface area is 118 Å². The van der Waals surface area contributed by atoms with E-state index in [0.717, 1.165) is 6.42 Å². The Hall–Kier alpha value is -1.72. The Morgan fingerprint density at radius 2 is 2.00 bits per heavy atom. The first kappa shape index (κ1) is 16.3. The Morgan fingerprint density at radius 3 is 2.55 bits per heavy atom. The molecule has 6 heteroatoms. The van der Waals surface area contributed by atoms with E-state index in [1.807, 2.05) is 0 Å². The lowest BCUT2D eigenvalue weighted by molar-refractivity contribution is -0.367. The van der Waals surface area contributed by atoms with Crippen LogP contribution in [0.2, 0.25) is 0 Å². The largest absolute Gasteiger partial charge is 0.586 e. The molecule has 1 amide bonds. The molecule has 0 aromatic carbocycles. The molecule has 1 fully saturated rings. The summed E-state index contributed by atoms with van der Waals surface area (Å²) < 4.78 is 9.52. The third-order valence-electron chi connectivity index (χ3n) is 3.01. The molecule has 1 aliphatic rings. The van der Waals surface area contributed by atoms with Crippen LogP contribution in [0.15, 0.2) is 0 Å². The average Bonchev–Trinajstić information content (AvgIpc) is 2.36. The van der Waals surface area contributed by atoms with Crippen molar-refractivity contribution >= 4 is 24.6 Å². The first-order chi connectivity index (χ1) is 9.23. The molecular weight excluding hydrogens is 262 g/mol. The maximum atomic E-state index is 12.0. The fourth-order valence-electron chi connectivity index (χ4n) is 2.07. The fourth-order valence-corrected chi connectivity index (χ4v) is 2.07. The standard InChI is InChI=1S/C14H22NO5/c1-14(2,3)20-13(18)15-7-5-6-10(9-15)11(16)8-12(17)19-4/h10H,4-9H2,1-3H3/q+1. The third-order valence-corrected chi connectivity index (χ3v) is 3.01. The van der Waals surface area contributed by atoms with E-state index in [1.165, 1.54) is 4.90 Å². The minimum absolute atomic E-state index is 0.216. The molecule has 0 N–H and O–H groups in total. The van der Waals surface area contributed by atoms with Gasteiger partial charge in [0.1, 0.15) is 5.60 Å². The summed E-state index contributed by atoms with van der Waals surface area (Å²) in [4.78, 5) is 36.4. The van der Waals surface area contributed by atoms with E-state index in [0.29, 0.717) is 13.0 Å². The van der Waals surface area contributed by atoms with Gasteiger partial charge in [-0.3, -0.25) is 9.22 Å². The lowest BCUT2D eigenvalue weighted by atomic mass is 9.92. The second-order valence-corrected chi connectivity index (χ2v) is 5.92. The molecule has 0 aromatic heterocycles. The van der Waals surface area contributed by atoms with Crippen LogP contribution in [0, 0.1) is 5.92 Å². The van der Waals surface area contributed by atoms with Gasteiger partial charge >= 0.3 is 12.1 Å². The topological polar surface area (TPSA) is 75.0 Å². The lowest BCUT2D eigenvalue weighted by Crippen LogP contribution is -2.44. The van der Waals surface area contributed by atoms with E-state index in [-0.39, 0.29) is 24.7 Å². The highest BCUT2D eigenvalue weighted by atomic mass is 16.6. The number of rotatable bonds is 3. The number of nitrogens with zero attached hydrogens (tertiary/aromatic N) is 1. The summed E-state index contributed by atoms with van der Waals surface area (Å²) in [6.45, 7) is 9.22. The quantitative estimate of drug-likeness (QED) is 0.581. The molecule has 112 valence electrons. The molecule has 0 bridgehead atoms. The maximum Gasteiger partial charge on any atom is 0.586 e. The number of Topliss-reactive ketones (excluding diaryl/α,β-unsaturated/α-hetero) is 1. The van der Waals surface area contributed by atoms with Gasteiger partial charge in [-0.2, -0.15) is 0 Å². The van der Waals surface area contributed by atoms with Crippen LogP contribution in [0.5, 0.6) is 0 Å². The number of hydrogen-bond acceptors (Lipinski definition) is 4. The molecule has 0 radical (unpaired) electrons. The van der Waals surface area contributed by atoms with Gasteiger partial charge in [-0.15, -0.1) is 0 Å². The van der Waals surface area contributed by atoms with Gasteiger partial charge in [0.05, 0.1) is 0 Å². The van der Waals surface area contributed by atoms with Crippen molar-refractivity contribution in [3.63, 3.8) is 0 Å². The first-order valence-electron chi connectivity index (χ1n) is 6.68. The molecule has 1 saturated heterocycles. The van der Waals surface area contributed by atoms with Gasteiger partial charge in [0.2, 0.25) is 0 Å². The summed E-state index contributed by atoms with van der Waals surface area (Å²) in [5.74, 6) is -1.20. The number of ketones is 1. The molecule has 6 nitrogen and oxygen atoms in total. The van der Waals surface area contributed by atoms with E-state index < -0.39 is 17.7 Å². The number of likely N-dealkylation sites (tertiary alicyclic amines) is 1. The van der Waals surface area contributed by atoms with Crippen LogP contribution in [0.1, 0.15) is 40.0 Å². The van der Waals surface area contributed by atoms with Gasteiger partial charge in [-0.05, 0) is 33.6 Å². The van der Waals surface area contributed by atoms with Crippen LogP contribution in [0.25, 0.3) is 0 Å². The number of hydrogen-bond donors (Lipinski definition) is 0.